The Bertz CT molecular complexity index is 514. The zero-order chi connectivity index (χ0) is 12.6. The zero-order valence-electron chi connectivity index (χ0n) is 10.5. The van der Waals surface area contributed by atoms with E-state index >= 15 is 0 Å². The van der Waals surface area contributed by atoms with Gasteiger partial charge in [0.2, 0.25) is 5.89 Å². The molecule has 0 saturated heterocycles. The summed E-state index contributed by atoms with van der Waals surface area (Å²) in [5, 5.41) is 8.07. The van der Waals surface area contributed by atoms with Gasteiger partial charge in [-0.1, -0.05) is 19.0 Å². The number of aryl methyl sites for hydroxylation is 1. The van der Waals surface area contributed by atoms with Crippen LogP contribution in [0.15, 0.2) is 10.7 Å². The molecule has 0 spiro atoms. The third kappa shape index (κ3) is 2.08. The van der Waals surface area contributed by atoms with Gasteiger partial charge in [0.15, 0.2) is 5.82 Å². The fraction of sp³-hybridized carbons (Fsp3) is 0.545. The SMILES string of the molecule is Cc1c(C(N)c2noc(C(C)C)n2)cnn1C. The molecule has 6 heteroatoms. The molecule has 0 radical (unpaired) electrons. The summed E-state index contributed by atoms with van der Waals surface area (Å²) < 4.78 is 6.92. The van der Waals surface area contributed by atoms with Gasteiger partial charge in [-0.3, -0.25) is 4.68 Å². The Morgan fingerprint density at radius 1 is 1.41 bits per heavy atom. The van der Waals surface area contributed by atoms with E-state index in [4.69, 9.17) is 10.3 Å². The van der Waals surface area contributed by atoms with Crippen LogP contribution in [0.3, 0.4) is 0 Å². The molecule has 92 valence electrons. The van der Waals surface area contributed by atoms with Crippen molar-refractivity contribution in [3.63, 3.8) is 0 Å². The van der Waals surface area contributed by atoms with Gasteiger partial charge in [-0.05, 0) is 6.92 Å². The number of nitrogens with two attached hydrogens (primary N) is 1. The minimum atomic E-state index is -0.389. The van der Waals surface area contributed by atoms with Gasteiger partial charge in [-0.2, -0.15) is 10.1 Å². The van der Waals surface area contributed by atoms with Crippen LogP contribution in [0.25, 0.3) is 0 Å². The predicted molar refractivity (Wildman–Crippen MR) is 62.4 cm³/mol. The molecule has 0 aliphatic heterocycles. The summed E-state index contributed by atoms with van der Waals surface area (Å²) in [7, 11) is 1.88. The van der Waals surface area contributed by atoms with E-state index in [0.29, 0.717) is 11.7 Å². The van der Waals surface area contributed by atoms with Gasteiger partial charge in [0.25, 0.3) is 0 Å². The van der Waals surface area contributed by atoms with Crippen molar-refractivity contribution < 1.29 is 4.52 Å². The highest BCUT2D eigenvalue weighted by atomic mass is 16.5. The van der Waals surface area contributed by atoms with Gasteiger partial charge in [0.1, 0.15) is 0 Å². The minimum Gasteiger partial charge on any atom is -0.339 e. The molecule has 2 rings (SSSR count). The standard InChI is InChI=1S/C11H17N5O/c1-6(2)11-14-10(15-17-11)9(12)8-5-13-16(4)7(8)3/h5-6,9H,12H2,1-4H3. The molecular weight excluding hydrogens is 218 g/mol. The van der Waals surface area contributed by atoms with Gasteiger partial charge < -0.3 is 10.3 Å². The molecule has 17 heavy (non-hydrogen) atoms. The number of aromatic nitrogens is 4. The molecule has 0 bridgehead atoms. The quantitative estimate of drug-likeness (QED) is 0.866. The molecule has 2 heterocycles. The van der Waals surface area contributed by atoms with Crippen molar-refractivity contribution in [2.45, 2.75) is 32.7 Å². The second-order valence-electron chi connectivity index (χ2n) is 4.43. The van der Waals surface area contributed by atoms with E-state index in [-0.39, 0.29) is 12.0 Å². The Balaban J connectivity index is 2.30. The van der Waals surface area contributed by atoms with E-state index in [1.165, 1.54) is 0 Å². The maximum Gasteiger partial charge on any atom is 0.229 e. The highest BCUT2D eigenvalue weighted by Crippen LogP contribution is 2.21. The zero-order valence-corrected chi connectivity index (χ0v) is 10.5. The molecule has 1 unspecified atom stereocenters. The smallest absolute Gasteiger partial charge is 0.229 e. The predicted octanol–water partition coefficient (Wildman–Crippen LogP) is 1.28. The highest BCUT2D eigenvalue weighted by Gasteiger charge is 2.20. The van der Waals surface area contributed by atoms with Crippen LogP contribution < -0.4 is 5.73 Å². The Kier molecular flexibility index (Phi) is 2.97. The molecule has 0 aliphatic carbocycles. The van der Waals surface area contributed by atoms with Crippen molar-refractivity contribution in [3.8, 4) is 0 Å². The van der Waals surface area contributed by atoms with Crippen molar-refractivity contribution in [2.75, 3.05) is 0 Å². The molecule has 0 saturated carbocycles. The summed E-state index contributed by atoms with van der Waals surface area (Å²) >= 11 is 0. The monoisotopic (exact) mass is 235 g/mol. The van der Waals surface area contributed by atoms with Gasteiger partial charge >= 0.3 is 0 Å². The highest BCUT2D eigenvalue weighted by molar-refractivity contribution is 5.25. The van der Waals surface area contributed by atoms with Crippen LogP contribution in [-0.4, -0.2) is 19.9 Å². The molecule has 0 aromatic carbocycles. The van der Waals surface area contributed by atoms with E-state index in [2.05, 4.69) is 15.2 Å². The normalized spacial score (nSPS) is 13.3. The lowest BCUT2D eigenvalue weighted by atomic mass is 10.1. The van der Waals surface area contributed by atoms with Gasteiger partial charge in [0, 0.05) is 24.2 Å². The van der Waals surface area contributed by atoms with Gasteiger partial charge in [-0.15, -0.1) is 0 Å². The van der Waals surface area contributed by atoms with Gasteiger partial charge in [0.05, 0.1) is 12.2 Å². The van der Waals surface area contributed by atoms with Crippen molar-refractivity contribution in [1.29, 1.82) is 0 Å². The average Bonchev–Trinajstić information content (AvgIpc) is 2.87. The summed E-state index contributed by atoms with van der Waals surface area (Å²) in [6.07, 6.45) is 1.74. The Labute approximate surface area is 99.8 Å². The molecule has 1 atom stereocenters. The fourth-order valence-corrected chi connectivity index (χ4v) is 1.57. The van der Waals surface area contributed by atoms with Crippen LogP contribution in [-0.2, 0) is 7.05 Å². The summed E-state index contributed by atoms with van der Waals surface area (Å²) in [5.41, 5.74) is 8.03. The van der Waals surface area contributed by atoms with Crippen LogP contribution >= 0.6 is 0 Å². The molecule has 6 nitrogen and oxygen atoms in total. The number of rotatable bonds is 3. The lowest BCUT2D eigenvalue weighted by molar-refractivity contribution is 0.359. The van der Waals surface area contributed by atoms with Crippen LogP contribution in [0.4, 0.5) is 0 Å². The molecule has 0 aliphatic rings. The second kappa shape index (κ2) is 4.29. The lowest BCUT2D eigenvalue weighted by Crippen LogP contribution is -2.14. The molecular formula is C11H17N5O. The van der Waals surface area contributed by atoms with E-state index in [0.717, 1.165) is 11.3 Å². The van der Waals surface area contributed by atoms with Crippen molar-refractivity contribution >= 4 is 0 Å². The first-order chi connectivity index (χ1) is 8.00. The number of nitrogens with zero attached hydrogens (tertiary/aromatic N) is 4. The second-order valence-corrected chi connectivity index (χ2v) is 4.43. The molecule has 0 amide bonds. The number of hydrogen-bond acceptors (Lipinski definition) is 5. The minimum absolute atomic E-state index is 0.207. The Morgan fingerprint density at radius 3 is 2.59 bits per heavy atom. The van der Waals surface area contributed by atoms with Crippen LogP contribution in [0, 0.1) is 6.92 Å². The lowest BCUT2D eigenvalue weighted by Gasteiger charge is -2.05. The maximum absolute atomic E-state index is 6.11. The summed E-state index contributed by atoms with van der Waals surface area (Å²) in [6.45, 7) is 5.96. The van der Waals surface area contributed by atoms with E-state index < -0.39 is 0 Å². The summed E-state index contributed by atoms with van der Waals surface area (Å²) in [4.78, 5) is 4.30. The maximum atomic E-state index is 6.11. The molecule has 0 fully saturated rings. The molecule has 2 aromatic heterocycles. The van der Waals surface area contributed by atoms with E-state index in [9.17, 15) is 0 Å². The number of hydrogen-bond donors (Lipinski definition) is 1. The molecule has 2 aromatic rings. The van der Waals surface area contributed by atoms with E-state index in [1.807, 2.05) is 27.8 Å². The average molecular weight is 235 g/mol. The van der Waals surface area contributed by atoms with Crippen LogP contribution in [0.1, 0.15) is 48.8 Å². The fourth-order valence-electron chi connectivity index (χ4n) is 1.57. The van der Waals surface area contributed by atoms with E-state index in [1.54, 1.807) is 10.9 Å². The van der Waals surface area contributed by atoms with Crippen molar-refractivity contribution in [3.05, 3.63) is 29.2 Å². The first-order valence-corrected chi connectivity index (χ1v) is 5.58. The Hall–Kier alpha value is -1.69. The van der Waals surface area contributed by atoms with Crippen LogP contribution in [0.5, 0.6) is 0 Å². The first kappa shape index (κ1) is 11.8. The van der Waals surface area contributed by atoms with Crippen molar-refractivity contribution in [2.24, 2.45) is 12.8 Å². The third-order valence-corrected chi connectivity index (χ3v) is 2.84. The Morgan fingerprint density at radius 2 is 2.12 bits per heavy atom. The summed E-state index contributed by atoms with van der Waals surface area (Å²) in [6, 6.07) is -0.389. The van der Waals surface area contributed by atoms with Crippen molar-refractivity contribution in [1.82, 2.24) is 19.9 Å². The topological polar surface area (TPSA) is 82.8 Å². The van der Waals surface area contributed by atoms with Gasteiger partial charge in [-0.25, -0.2) is 0 Å². The first-order valence-electron chi connectivity index (χ1n) is 5.58. The summed E-state index contributed by atoms with van der Waals surface area (Å²) in [5.74, 6) is 1.32. The largest absolute Gasteiger partial charge is 0.339 e. The van der Waals surface area contributed by atoms with Crippen LogP contribution in [0.2, 0.25) is 0 Å². The molecule has 2 N–H and O–H groups in total. The third-order valence-electron chi connectivity index (χ3n) is 2.84.